The molecule has 0 aromatic rings. The van der Waals surface area contributed by atoms with Gasteiger partial charge in [0.25, 0.3) is 0 Å². The summed E-state index contributed by atoms with van der Waals surface area (Å²) in [5.74, 6) is -2.48. The number of unbranched alkanes of at least 4 members (excludes halogenated alkanes) is 1. The van der Waals surface area contributed by atoms with E-state index in [1.807, 2.05) is 0 Å². The maximum atomic E-state index is 12.5. The smallest absolute Gasteiger partial charge is 0.469 e. The molecule has 3 atom stereocenters. The van der Waals surface area contributed by atoms with E-state index in [-0.39, 0.29) is 13.0 Å². The average molecular weight is 410 g/mol. The highest BCUT2D eigenvalue weighted by Gasteiger charge is 2.38. The third kappa shape index (κ3) is 7.91. The molecule has 1 heterocycles. The Kier molecular flexibility index (Phi) is 9.30. The molecule has 0 aliphatic carbocycles. The van der Waals surface area contributed by atoms with Crippen LogP contribution in [0.5, 0.6) is 0 Å². The van der Waals surface area contributed by atoms with Crippen molar-refractivity contribution in [1.82, 2.24) is 10.2 Å². The first-order valence-electron chi connectivity index (χ1n) is 8.56. The lowest BCUT2D eigenvalue weighted by atomic mass is 10.1. The molecule has 1 saturated heterocycles. The van der Waals surface area contributed by atoms with E-state index < -0.39 is 50.3 Å². The van der Waals surface area contributed by atoms with E-state index in [0.717, 1.165) is 0 Å². The molecule has 1 aliphatic heterocycles. The number of nitrogens with two attached hydrogens (primary N) is 2. The van der Waals surface area contributed by atoms with Crippen molar-refractivity contribution in [3.8, 4) is 0 Å². The van der Waals surface area contributed by atoms with Crippen molar-refractivity contribution in [2.45, 2.75) is 50.2 Å². The van der Waals surface area contributed by atoms with Crippen LogP contribution < -0.4 is 16.8 Å². The number of phosphoric acid groups is 1. The second kappa shape index (κ2) is 10.7. The number of carbonyl (C=O) groups is 3. The fourth-order valence-corrected chi connectivity index (χ4v) is 3.14. The van der Waals surface area contributed by atoms with Gasteiger partial charge in [0.1, 0.15) is 18.1 Å². The molecule has 0 spiro atoms. The van der Waals surface area contributed by atoms with Crippen LogP contribution in [0.1, 0.15) is 32.1 Å². The molecule has 0 radical (unpaired) electrons. The number of carboxylic acids is 1. The summed E-state index contributed by atoms with van der Waals surface area (Å²) in [5.41, 5.74) is 11.0. The highest BCUT2D eigenvalue weighted by molar-refractivity contribution is 7.46. The van der Waals surface area contributed by atoms with Gasteiger partial charge in [-0.2, -0.15) is 0 Å². The molecule has 1 aliphatic rings. The Morgan fingerprint density at radius 3 is 2.52 bits per heavy atom. The number of rotatable bonds is 11. The van der Waals surface area contributed by atoms with Gasteiger partial charge >= 0.3 is 13.8 Å². The normalized spacial score (nSPS) is 19.6. The van der Waals surface area contributed by atoms with Crippen molar-refractivity contribution in [3.63, 3.8) is 0 Å². The molecule has 27 heavy (non-hydrogen) atoms. The lowest BCUT2D eigenvalue weighted by Gasteiger charge is -2.27. The van der Waals surface area contributed by atoms with Crippen molar-refractivity contribution in [2.24, 2.45) is 11.5 Å². The highest BCUT2D eigenvalue weighted by Crippen LogP contribution is 2.35. The Bertz CT molecular complexity index is 583. The zero-order valence-electron chi connectivity index (χ0n) is 14.8. The summed E-state index contributed by atoms with van der Waals surface area (Å²) < 4.78 is 14.9. The molecule has 8 N–H and O–H groups in total. The summed E-state index contributed by atoms with van der Waals surface area (Å²) in [4.78, 5) is 54.7. The predicted octanol–water partition coefficient (Wildman–Crippen LogP) is -1.89. The van der Waals surface area contributed by atoms with Gasteiger partial charge in [-0.05, 0) is 38.6 Å². The Labute approximate surface area is 156 Å². The van der Waals surface area contributed by atoms with Gasteiger partial charge < -0.3 is 36.6 Å². The zero-order valence-corrected chi connectivity index (χ0v) is 15.7. The molecular formula is C14H27N4O8P. The molecule has 12 nitrogen and oxygen atoms in total. The topological polar surface area (TPSA) is 206 Å². The summed E-state index contributed by atoms with van der Waals surface area (Å²) in [6.45, 7) is -0.0595. The first kappa shape index (κ1) is 23.5. The van der Waals surface area contributed by atoms with E-state index in [4.69, 9.17) is 21.3 Å². The van der Waals surface area contributed by atoms with Crippen LogP contribution in [0.25, 0.3) is 0 Å². The third-order valence-corrected chi connectivity index (χ3v) is 4.62. The highest BCUT2D eigenvalue weighted by atomic mass is 31.2. The van der Waals surface area contributed by atoms with E-state index >= 15 is 0 Å². The summed E-state index contributed by atoms with van der Waals surface area (Å²) >= 11 is 0. The number of aliphatic carboxylic acids is 1. The number of nitrogens with one attached hydrogen (secondary N) is 1. The van der Waals surface area contributed by atoms with Crippen LogP contribution in [0.3, 0.4) is 0 Å². The van der Waals surface area contributed by atoms with Gasteiger partial charge in [-0.3, -0.25) is 14.1 Å². The molecule has 13 heteroatoms. The number of nitrogens with zero attached hydrogens (tertiary/aromatic N) is 1. The van der Waals surface area contributed by atoms with Crippen LogP contribution in [-0.2, 0) is 23.5 Å². The number of amides is 2. The number of phosphoric ester groups is 1. The van der Waals surface area contributed by atoms with E-state index in [1.54, 1.807) is 0 Å². The van der Waals surface area contributed by atoms with Crippen LogP contribution in [0.2, 0.25) is 0 Å². The molecular weight excluding hydrogens is 383 g/mol. The molecule has 1 rings (SSSR count). The number of hydrogen-bond donors (Lipinski definition) is 6. The van der Waals surface area contributed by atoms with Crippen molar-refractivity contribution >= 4 is 25.6 Å². The summed E-state index contributed by atoms with van der Waals surface area (Å²) in [6.07, 6.45) is 2.22. The fourth-order valence-electron chi connectivity index (χ4n) is 2.78. The largest absolute Gasteiger partial charge is 0.480 e. The molecule has 0 bridgehead atoms. The fraction of sp³-hybridized carbons (Fsp3) is 0.786. The summed E-state index contributed by atoms with van der Waals surface area (Å²) in [6, 6.07) is -3.34. The van der Waals surface area contributed by atoms with Gasteiger partial charge in [0.05, 0.1) is 6.61 Å². The standard InChI is InChI=1S/C14H27N4O8P/c15-6-2-1-4-10(14(21)22)17-12(19)11-5-3-7-18(11)13(20)9(16)8-26-27(23,24)25/h9-11H,1-8,15-16H2,(H,17,19)(H,21,22)(H2,23,24,25)/t9-,10-,11-/m0/s1. The van der Waals surface area contributed by atoms with Crippen LogP contribution in [0, 0.1) is 0 Å². The van der Waals surface area contributed by atoms with Gasteiger partial charge in [-0.15, -0.1) is 0 Å². The third-order valence-electron chi connectivity index (χ3n) is 4.14. The van der Waals surface area contributed by atoms with Gasteiger partial charge in [0.2, 0.25) is 11.8 Å². The number of hydrogen-bond acceptors (Lipinski definition) is 7. The maximum absolute atomic E-state index is 12.5. The molecule has 1 fully saturated rings. The lowest BCUT2D eigenvalue weighted by Crippen LogP contribution is -2.54. The number of carboxylic acid groups (broad SMARTS) is 1. The van der Waals surface area contributed by atoms with Gasteiger partial charge in [-0.1, -0.05) is 0 Å². The molecule has 0 aromatic heterocycles. The Morgan fingerprint density at radius 1 is 1.30 bits per heavy atom. The van der Waals surface area contributed by atoms with E-state index in [9.17, 15) is 24.1 Å². The summed E-state index contributed by atoms with van der Waals surface area (Å²) in [7, 11) is -4.77. The van der Waals surface area contributed by atoms with Gasteiger partial charge in [0, 0.05) is 6.54 Å². The predicted molar refractivity (Wildman–Crippen MR) is 93.2 cm³/mol. The molecule has 0 aromatic carbocycles. The van der Waals surface area contributed by atoms with Crippen molar-refractivity contribution in [2.75, 3.05) is 19.7 Å². The molecule has 0 saturated carbocycles. The quantitative estimate of drug-likeness (QED) is 0.165. The Balaban J connectivity index is 2.68. The maximum Gasteiger partial charge on any atom is 0.469 e. The first-order valence-corrected chi connectivity index (χ1v) is 10.1. The Hall–Kier alpha value is -1.56. The average Bonchev–Trinajstić information content (AvgIpc) is 3.07. The van der Waals surface area contributed by atoms with Crippen LogP contribution in [0.15, 0.2) is 0 Å². The van der Waals surface area contributed by atoms with Gasteiger partial charge in [0.15, 0.2) is 0 Å². The SMILES string of the molecule is NCCCC[C@H](NC(=O)[C@@H]1CCCN1C(=O)[C@@H](N)COP(=O)(O)O)C(=O)O. The van der Waals surface area contributed by atoms with E-state index in [0.29, 0.717) is 32.2 Å². The van der Waals surface area contributed by atoms with Crippen molar-refractivity contribution in [1.29, 1.82) is 0 Å². The van der Waals surface area contributed by atoms with Crippen molar-refractivity contribution < 1.29 is 38.4 Å². The second-order valence-electron chi connectivity index (χ2n) is 6.27. The van der Waals surface area contributed by atoms with Crippen LogP contribution >= 0.6 is 7.82 Å². The van der Waals surface area contributed by atoms with Gasteiger partial charge in [-0.25, -0.2) is 9.36 Å². The monoisotopic (exact) mass is 410 g/mol. The number of likely N-dealkylation sites (tertiary alicyclic amines) is 1. The van der Waals surface area contributed by atoms with E-state index in [1.165, 1.54) is 4.90 Å². The lowest BCUT2D eigenvalue weighted by molar-refractivity contribution is -0.144. The number of carbonyl (C=O) groups excluding carboxylic acids is 2. The van der Waals surface area contributed by atoms with Crippen LogP contribution in [-0.4, -0.2) is 75.4 Å². The minimum absolute atomic E-state index is 0.217. The minimum Gasteiger partial charge on any atom is -0.480 e. The summed E-state index contributed by atoms with van der Waals surface area (Å²) in [5, 5.41) is 11.7. The molecule has 156 valence electrons. The molecule has 0 unspecified atom stereocenters. The van der Waals surface area contributed by atoms with Crippen molar-refractivity contribution in [3.05, 3.63) is 0 Å². The van der Waals surface area contributed by atoms with E-state index in [2.05, 4.69) is 9.84 Å². The minimum atomic E-state index is -4.77. The Morgan fingerprint density at radius 2 is 1.96 bits per heavy atom. The van der Waals surface area contributed by atoms with Crippen LogP contribution in [0.4, 0.5) is 0 Å². The zero-order chi connectivity index (χ0) is 20.6. The first-order chi connectivity index (χ1) is 12.6. The molecule has 2 amide bonds. The second-order valence-corrected chi connectivity index (χ2v) is 7.51.